The van der Waals surface area contributed by atoms with Crippen LogP contribution in [-0.2, 0) is 6.54 Å². The summed E-state index contributed by atoms with van der Waals surface area (Å²) in [5.74, 6) is -1.48. The number of nitro groups is 1. The lowest BCUT2D eigenvalue weighted by Gasteiger charge is -2.13. The van der Waals surface area contributed by atoms with Crippen LogP contribution in [-0.4, -0.2) is 32.2 Å². The number of aromatic hydroxyl groups is 1. The number of nitrogens with one attached hydrogen (secondary N) is 1. The molecule has 0 radical (unpaired) electrons. The molecule has 0 spiro atoms. The number of hydrogen-bond donors (Lipinski definition) is 3. The zero-order valence-corrected chi connectivity index (χ0v) is 21.6. The number of anilines is 1. The highest BCUT2D eigenvalue weighted by Crippen LogP contribution is 2.35. The number of aryl methyl sites for hydroxylation is 2. The average Bonchev–Trinajstić information content (AvgIpc) is 2.74. The van der Waals surface area contributed by atoms with E-state index in [-0.39, 0.29) is 6.54 Å². The van der Waals surface area contributed by atoms with Crippen molar-refractivity contribution in [3.63, 3.8) is 0 Å². The van der Waals surface area contributed by atoms with E-state index >= 15 is 0 Å². The third kappa shape index (κ3) is 5.19. The van der Waals surface area contributed by atoms with E-state index in [2.05, 4.69) is 37.2 Å². The first kappa shape index (κ1) is 26.3. The molecule has 1 aromatic heterocycles. The van der Waals surface area contributed by atoms with Gasteiger partial charge in [0, 0.05) is 27.4 Å². The fraction of sp³-hybridized carbons (Fsp3) is 0.273. The molecule has 3 aromatic rings. The molecule has 0 bridgehead atoms. The Labute approximate surface area is 206 Å². The molecular weight excluding hydrogens is 562 g/mol. The summed E-state index contributed by atoms with van der Waals surface area (Å²) in [6.07, 6.45) is 0. The Morgan fingerprint density at radius 2 is 1.70 bits per heavy atom. The summed E-state index contributed by atoms with van der Waals surface area (Å²) in [6, 6.07) is 6.59. The first-order chi connectivity index (χ1) is 15.5. The van der Waals surface area contributed by atoms with E-state index in [9.17, 15) is 24.8 Å². The van der Waals surface area contributed by atoms with Crippen LogP contribution in [0.15, 0.2) is 38.0 Å². The fourth-order valence-corrected chi connectivity index (χ4v) is 4.06. The van der Waals surface area contributed by atoms with Crippen LogP contribution in [0.3, 0.4) is 0 Å². The van der Waals surface area contributed by atoms with Gasteiger partial charge in [-0.15, -0.1) is 0 Å². The lowest BCUT2D eigenvalue weighted by Crippen LogP contribution is -2.23. The predicted octanol–water partition coefficient (Wildman–Crippen LogP) is 5.59. The topological polar surface area (TPSA) is 135 Å². The summed E-state index contributed by atoms with van der Waals surface area (Å²) in [6.45, 7) is 8.32. The minimum Gasteiger partial charge on any atom is -0.501 e. The smallest absolute Gasteiger partial charge is 0.375 e. The molecule has 0 fully saturated rings. The van der Waals surface area contributed by atoms with Crippen molar-refractivity contribution in [3.8, 4) is 5.75 Å². The van der Waals surface area contributed by atoms with Gasteiger partial charge in [-0.1, -0.05) is 31.9 Å². The predicted molar refractivity (Wildman–Crippen MR) is 135 cm³/mol. The zero-order chi connectivity index (χ0) is 25.0. The summed E-state index contributed by atoms with van der Waals surface area (Å²) < 4.78 is 2.99. The Hall–Kier alpha value is -2.92. The molecule has 0 saturated carbocycles. The molecule has 0 aliphatic heterocycles. The molecule has 0 unspecified atom stereocenters. The number of pyridine rings is 1. The standard InChI is InChI=1S/C12H11BrN2O4.C10H12BrNO2/c1-3-14-9-6(2)8(13)5-4-7(9)11(16)10(12(14)17)15(18)19;1-3-12-9-6(2)8(11)5-4-7(9)10(13)14/h4-5,16H,3H2,1-2H3;4-5,12H,3H2,1-2H3,(H,13,14). The van der Waals surface area contributed by atoms with Crippen molar-refractivity contribution in [3.05, 3.63) is 70.4 Å². The molecule has 0 saturated heterocycles. The first-order valence-electron chi connectivity index (χ1n) is 9.92. The third-order valence-electron chi connectivity index (χ3n) is 5.04. The van der Waals surface area contributed by atoms with Gasteiger partial charge in [-0.2, -0.15) is 0 Å². The van der Waals surface area contributed by atoms with Gasteiger partial charge in [-0.05, 0) is 63.1 Å². The largest absolute Gasteiger partial charge is 0.501 e. The number of fused-ring (bicyclic) bond motifs is 1. The third-order valence-corrected chi connectivity index (χ3v) is 6.76. The molecule has 3 rings (SSSR count). The van der Waals surface area contributed by atoms with Crippen molar-refractivity contribution in [1.29, 1.82) is 0 Å². The minimum atomic E-state index is -0.906. The summed E-state index contributed by atoms with van der Waals surface area (Å²) in [5.41, 5.74) is 1.61. The Bertz CT molecular complexity index is 1300. The lowest BCUT2D eigenvalue weighted by atomic mass is 10.1. The van der Waals surface area contributed by atoms with E-state index < -0.39 is 27.9 Å². The molecule has 1 heterocycles. The Kier molecular flexibility index (Phi) is 8.62. The summed E-state index contributed by atoms with van der Waals surface area (Å²) in [4.78, 5) is 33.1. The van der Waals surface area contributed by atoms with Crippen LogP contribution in [0.25, 0.3) is 10.9 Å². The van der Waals surface area contributed by atoms with Crippen LogP contribution in [0.5, 0.6) is 5.75 Å². The maximum atomic E-state index is 12.1. The van der Waals surface area contributed by atoms with Crippen LogP contribution in [0.1, 0.15) is 35.3 Å². The number of halogens is 2. The minimum absolute atomic E-state index is 0.285. The van der Waals surface area contributed by atoms with Gasteiger partial charge >= 0.3 is 17.2 Å². The quantitative estimate of drug-likeness (QED) is 0.262. The van der Waals surface area contributed by atoms with Gasteiger partial charge in [0.05, 0.1) is 21.7 Å². The monoisotopic (exact) mass is 583 g/mol. The summed E-state index contributed by atoms with van der Waals surface area (Å²) in [5, 5.41) is 33.2. The van der Waals surface area contributed by atoms with Crippen LogP contribution < -0.4 is 10.9 Å². The number of carbonyl (C=O) groups is 1. The zero-order valence-electron chi connectivity index (χ0n) is 18.4. The van der Waals surface area contributed by atoms with E-state index in [0.717, 1.165) is 20.1 Å². The number of carboxylic acids is 1. The van der Waals surface area contributed by atoms with Crippen LogP contribution >= 0.6 is 31.9 Å². The maximum Gasteiger partial charge on any atom is 0.375 e. The van der Waals surface area contributed by atoms with Crippen molar-refractivity contribution in [1.82, 2.24) is 4.57 Å². The molecule has 0 atom stereocenters. The normalized spacial score (nSPS) is 10.5. The molecule has 2 aromatic carbocycles. The van der Waals surface area contributed by atoms with E-state index in [4.69, 9.17) is 5.11 Å². The van der Waals surface area contributed by atoms with Gasteiger partial charge in [-0.25, -0.2) is 4.79 Å². The van der Waals surface area contributed by atoms with E-state index in [1.54, 1.807) is 38.1 Å². The van der Waals surface area contributed by atoms with E-state index in [0.29, 0.717) is 28.7 Å². The molecule has 176 valence electrons. The number of aromatic carboxylic acids is 1. The lowest BCUT2D eigenvalue weighted by molar-refractivity contribution is -0.387. The molecule has 0 aliphatic carbocycles. The highest BCUT2D eigenvalue weighted by molar-refractivity contribution is 9.10. The highest BCUT2D eigenvalue weighted by atomic mass is 79.9. The van der Waals surface area contributed by atoms with Crippen molar-refractivity contribution in [2.75, 3.05) is 11.9 Å². The molecule has 9 nitrogen and oxygen atoms in total. The Morgan fingerprint density at radius 1 is 1.12 bits per heavy atom. The van der Waals surface area contributed by atoms with Crippen LogP contribution in [0, 0.1) is 24.0 Å². The number of benzene rings is 2. The van der Waals surface area contributed by atoms with Crippen molar-refractivity contribution >= 4 is 60.1 Å². The molecule has 0 amide bonds. The first-order valence-corrected chi connectivity index (χ1v) is 11.5. The summed E-state index contributed by atoms with van der Waals surface area (Å²) >= 11 is 6.71. The van der Waals surface area contributed by atoms with Gasteiger partial charge in [0.1, 0.15) is 0 Å². The van der Waals surface area contributed by atoms with Crippen LogP contribution in [0.2, 0.25) is 0 Å². The van der Waals surface area contributed by atoms with E-state index in [1.165, 1.54) is 4.57 Å². The second-order valence-electron chi connectivity index (χ2n) is 7.00. The average molecular weight is 585 g/mol. The van der Waals surface area contributed by atoms with Crippen molar-refractivity contribution < 1.29 is 19.9 Å². The number of aromatic nitrogens is 1. The summed E-state index contributed by atoms with van der Waals surface area (Å²) in [7, 11) is 0. The van der Waals surface area contributed by atoms with Crippen molar-refractivity contribution in [2.24, 2.45) is 0 Å². The fourth-order valence-electron chi connectivity index (χ4n) is 3.41. The molecule has 3 N–H and O–H groups in total. The molecule has 33 heavy (non-hydrogen) atoms. The Morgan fingerprint density at radius 3 is 2.21 bits per heavy atom. The number of rotatable bonds is 5. The van der Waals surface area contributed by atoms with Gasteiger partial charge in [0.25, 0.3) is 0 Å². The van der Waals surface area contributed by atoms with Gasteiger partial charge < -0.3 is 20.1 Å². The van der Waals surface area contributed by atoms with Crippen molar-refractivity contribution in [2.45, 2.75) is 34.2 Å². The maximum absolute atomic E-state index is 12.1. The SMILES string of the molecule is CCNc1c(C(=O)O)ccc(Br)c1C.CCn1c(=O)c([N+](=O)[O-])c(O)c2ccc(Br)c(C)c21. The molecular formula is C22H23Br2N3O6. The van der Waals surface area contributed by atoms with Gasteiger partial charge in [-0.3, -0.25) is 14.9 Å². The highest BCUT2D eigenvalue weighted by Gasteiger charge is 2.26. The Balaban J connectivity index is 0.000000245. The molecule has 11 heteroatoms. The van der Waals surface area contributed by atoms with E-state index in [1.807, 2.05) is 13.8 Å². The van der Waals surface area contributed by atoms with Gasteiger partial charge in [0.15, 0.2) is 0 Å². The van der Waals surface area contributed by atoms with Gasteiger partial charge in [0.2, 0.25) is 5.75 Å². The molecule has 0 aliphatic rings. The second-order valence-corrected chi connectivity index (χ2v) is 8.71. The second kappa shape index (κ2) is 10.8. The number of nitrogens with zero attached hydrogens (tertiary/aromatic N) is 2. The number of carboxylic acid groups (broad SMARTS) is 1. The van der Waals surface area contributed by atoms with Crippen LogP contribution in [0.4, 0.5) is 11.4 Å². The number of hydrogen-bond acceptors (Lipinski definition) is 6.